The van der Waals surface area contributed by atoms with Crippen LogP contribution in [0.4, 0.5) is 0 Å². The second-order valence-corrected chi connectivity index (χ2v) is 3.97. The zero-order chi connectivity index (χ0) is 13.4. The first kappa shape index (κ1) is 14.2. The highest BCUT2D eigenvalue weighted by atomic mass is 16.7. The Morgan fingerprint density at radius 3 is 2.61 bits per heavy atom. The number of nitrogens with zero attached hydrogens (tertiary/aromatic N) is 1. The molecule has 0 unspecified atom stereocenters. The number of hydroxylamine groups is 2. The van der Waals surface area contributed by atoms with Gasteiger partial charge in [0, 0.05) is 5.57 Å². The molecule has 0 aliphatic heterocycles. The number of benzene rings is 1. The van der Waals surface area contributed by atoms with Gasteiger partial charge in [-0.05, 0) is 19.4 Å². The van der Waals surface area contributed by atoms with Crippen molar-refractivity contribution in [3.8, 4) is 0 Å². The highest BCUT2D eigenvalue weighted by molar-refractivity contribution is 5.91. The lowest BCUT2D eigenvalue weighted by Crippen LogP contribution is -2.31. The quantitative estimate of drug-likeness (QED) is 0.438. The van der Waals surface area contributed by atoms with Gasteiger partial charge in [-0.2, -0.15) is 0 Å². The van der Waals surface area contributed by atoms with Crippen molar-refractivity contribution in [2.75, 3.05) is 6.54 Å². The Kier molecular flexibility index (Phi) is 5.88. The molecule has 96 valence electrons. The highest BCUT2D eigenvalue weighted by Gasteiger charge is 2.13. The molecule has 0 atom stereocenters. The van der Waals surface area contributed by atoms with E-state index in [-0.39, 0.29) is 5.91 Å². The van der Waals surface area contributed by atoms with E-state index in [1.165, 1.54) is 5.06 Å². The lowest BCUT2D eigenvalue weighted by molar-refractivity contribution is -0.183. The monoisotopic (exact) mass is 245 g/mol. The minimum Gasteiger partial charge on any atom is -0.267 e. The highest BCUT2D eigenvalue weighted by Crippen LogP contribution is 2.06. The molecular weight excluding hydrogens is 226 g/mol. The third kappa shape index (κ3) is 4.55. The molecule has 18 heavy (non-hydrogen) atoms. The molecule has 0 saturated carbocycles. The van der Waals surface area contributed by atoms with Crippen molar-refractivity contribution in [3.05, 3.63) is 60.2 Å². The molecule has 1 rings (SSSR count). The van der Waals surface area contributed by atoms with Gasteiger partial charge in [0.1, 0.15) is 6.61 Å². The summed E-state index contributed by atoms with van der Waals surface area (Å²) in [6.07, 6.45) is 3.75. The molecule has 0 fully saturated rings. The molecule has 1 amide bonds. The lowest BCUT2D eigenvalue weighted by Gasteiger charge is -2.20. The van der Waals surface area contributed by atoms with Gasteiger partial charge in [-0.3, -0.25) is 9.63 Å². The fraction of sp³-hybridized carbons (Fsp3) is 0.267. The van der Waals surface area contributed by atoms with Crippen LogP contribution < -0.4 is 0 Å². The molecule has 1 aromatic rings. The van der Waals surface area contributed by atoms with E-state index in [9.17, 15) is 4.79 Å². The Morgan fingerprint density at radius 2 is 2.06 bits per heavy atom. The summed E-state index contributed by atoms with van der Waals surface area (Å²) in [6, 6.07) is 9.74. The van der Waals surface area contributed by atoms with Gasteiger partial charge >= 0.3 is 0 Å². The van der Waals surface area contributed by atoms with Crippen molar-refractivity contribution >= 4 is 5.91 Å². The van der Waals surface area contributed by atoms with Crippen molar-refractivity contribution in [2.24, 2.45) is 0 Å². The minimum absolute atomic E-state index is 0.191. The molecule has 0 aliphatic rings. The smallest absolute Gasteiger partial charge is 0.267 e. The predicted molar refractivity (Wildman–Crippen MR) is 72.6 cm³/mol. The zero-order valence-corrected chi connectivity index (χ0v) is 10.9. The number of hydrogen-bond donors (Lipinski definition) is 0. The molecule has 3 heteroatoms. The molecule has 0 aromatic heterocycles. The summed E-state index contributed by atoms with van der Waals surface area (Å²) < 4.78 is 0. The van der Waals surface area contributed by atoms with Crippen molar-refractivity contribution in [3.63, 3.8) is 0 Å². The molecule has 0 aliphatic carbocycles. The maximum atomic E-state index is 11.8. The summed E-state index contributed by atoms with van der Waals surface area (Å²) >= 11 is 0. The summed E-state index contributed by atoms with van der Waals surface area (Å²) in [5.74, 6) is -0.191. The fourth-order valence-corrected chi connectivity index (χ4v) is 1.33. The summed E-state index contributed by atoms with van der Waals surface area (Å²) in [5.41, 5.74) is 1.49. The zero-order valence-electron chi connectivity index (χ0n) is 10.9. The fourth-order valence-electron chi connectivity index (χ4n) is 1.33. The van der Waals surface area contributed by atoms with Crippen LogP contribution in [0.5, 0.6) is 0 Å². The topological polar surface area (TPSA) is 29.5 Å². The minimum atomic E-state index is -0.191. The molecule has 0 heterocycles. The summed E-state index contributed by atoms with van der Waals surface area (Å²) in [7, 11) is 0. The van der Waals surface area contributed by atoms with Gasteiger partial charge in [0.2, 0.25) is 0 Å². The first-order valence-corrected chi connectivity index (χ1v) is 5.90. The van der Waals surface area contributed by atoms with Crippen LogP contribution in [0.3, 0.4) is 0 Å². The molecule has 0 saturated heterocycles. The van der Waals surface area contributed by atoms with Gasteiger partial charge in [-0.25, -0.2) is 5.06 Å². The number of rotatable bonds is 6. The van der Waals surface area contributed by atoms with Gasteiger partial charge in [0.15, 0.2) is 0 Å². The standard InChI is InChI=1S/C15H19NO2/c1-4-5-11-16(15(17)13(2)3)18-12-14-9-7-6-8-10-14/h4-10H,2,11-12H2,1,3H3/b5-4-. The molecule has 0 N–H and O–H groups in total. The van der Waals surface area contributed by atoms with Gasteiger partial charge in [0.25, 0.3) is 5.91 Å². The summed E-state index contributed by atoms with van der Waals surface area (Å²) in [5, 5.41) is 1.33. The van der Waals surface area contributed by atoms with Gasteiger partial charge in [-0.1, -0.05) is 49.1 Å². The summed E-state index contributed by atoms with van der Waals surface area (Å²) in [4.78, 5) is 17.4. The SMILES string of the molecule is C=C(C)C(=O)N(C/C=C\C)OCc1ccccc1. The van der Waals surface area contributed by atoms with Crippen LogP contribution in [0, 0.1) is 0 Å². The van der Waals surface area contributed by atoms with Crippen LogP contribution in [-0.4, -0.2) is 17.5 Å². The van der Waals surface area contributed by atoms with E-state index < -0.39 is 0 Å². The number of allylic oxidation sites excluding steroid dienone is 1. The van der Waals surface area contributed by atoms with E-state index in [0.717, 1.165) is 5.56 Å². The maximum Gasteiger partial charge on any atom is 0.272 e. The van der Waals surface area contributed by atoms with Crippen LogP contribution >= 0.6 is 0 Å². The normalized spacial score (nSPS) is 10.6. The lowest BCUT2D eigenvalue weighted by atomic mass is 10.2. The van der Waals surface area contributed by atoms with Crippen molar-refractivity contribution in [2.45, 2.75) is 20.5 Å². The van der Waals surface area contributed by atoms with Gasteiger partial charge in [-0.15, -0.1) is 0 Å². The van der Waals surface area contributed by atoms with Gasteiger partial charge < -0.3 is 0 Å². The number of hydrogen-bond acceptors (Lipinski definition) is 2. The summed E-state index contributed by atoms with van der Waals surface area (Å²) in [6.45, 7) is 8.02. The van der Waals surface area contributed by atoms with Gasteiger partial charge in [0.05, 0.1) is 6.54 Å². The molecule has 0 radical (unpaired) electrons. The van der Waals surface area contributed by atoms with Crippen molar-refractivity contribution in [1.29, 1.82) is 0 Å². The predicted octanol–water partition coefficient (Wildman–Crippen LogP) is 3.10. The van der Waals surface area contributed by atoms with Crippen molar-refractivity contribution in [1.82, 2.24) is 5.06 Å². The van der Waals surface area contributed by atoms with Crippen LogP contribution in [0.1, 0.15) is 19.4 Å². The molecule has 0 spiro atoms. The van der Waals surface area contributed by atoms with E-state index in [1.54, 1.807) is 6.92 Å². The molecule has 1 aromatic carbocycles. The Hall–Kier alpha value is -1.87. The van der Waals surface area contributed by atoms with E-state index in [0.29, 0.717) is 18.7 Å². The third-order valence-corrected chi connectivity index (χ3v) is 2.33. The Balaban J connectivity index is 2.61. The van der Waals surface area contributed by atoms with Crippen LogP contribution in [0.2, 0.25) is 0 Å². The Morgan fingerprint density at radius 1 is 1.39 bits per heavy atom. The first-order valence-electron chi connectivity index (χ1n) is 5.90. The average Bonchev–Trinajstić information content (AvgIpc) is 2.39. The van der Waals surface area contributed by atoms with Crippen LogP contribution in [0.25, 0.3) is 0 Å². The molecule has 0 bridgehead atoms. The largest absolute Gasteiger partial charge is 0.272 e. The Bertz CT molecular complexity index is 423. The van der Waals surface area contributed by atoms with E-state index in [4.69, 9.17) is 4.84 Å². The number of carbonyl (C=O) groups excluding carboxylic acids is 1. The molecule has 3 nitrogen and oxygen atoms in total. The van der Waals surface area contributed by atoms with Crippen LogP contribution in [0.15, 0.2) is 54.6 Å². The van der Waals surface area contributed by atoms with E-state index in [2.05, 4.69) is 6.58 Å². The maximum absolute atomic E-state index is 11.8. The van der Waals surface area contributed by atoms with Crippen LogP contribution in [-0.2, 0) is 16.2 Å². The average molecular weight is 245 g/mol. The second kappa shape index (κ2) is 7.45. The van der Waals surface area contributed by atoms with E-state index in [1.807, 2.05) is 49.4 Å². The van der Waals surface area contributed by atoms with E-state index >= 15 is 0 Å². The number of amides is 1. The molecular formula is C15H19NO2. The van der Waals surface area contributed by atoms with Crippen molar-refractivity contribution < 1.29 is 9.63 Å². The first-order chi connectivity index (χ1) is 8.65. The Labute approximate surface area is 108 Å². The third-order valence-electron chi connectivity index (χ3n) is 2.33. The number of carbonyl (C=O) groups is 1. The second-order valence-electron chi connectivity index (χ2n) is 3.97.